The van der Waals surface area contributed by atoms with Crippen molar-refractivity contribution in [1.29, 1.82) is 0 Å². The molecule has 3 rings (SSSR count). The van der Waals surface area contributed by atoms with E-state index in [0.717, 1.165) is 38.9 Å². The second-order valence-corrected chi connectivity index (χ2v) is 7.93. The summed E-state index contributed by atoms with van der Waals surface area (Å²) in [6, 6.07) is 13.2. The Hall–Kier alpha value is -2.53. The van der Waals surface area contributed by atoms with Crippen LogP contribution in [0.5, 0.6) is 5.75 Å². The number of para-hydroxylation sites is 1. The maximum atomic E-state index is 13.0. The molecular formula is C25H30FNO3. The van der Waals surface area contributed by atoms with Gasteiger partial charge in [-0.2, -0.15) is 0 Å². The van der Waals surface area contributed by atoms with Crippen LogP contribution in [0.15, 0.2) is 48.5 Å². The molecule has 0 amide bonds. The summed E-state index contributed by atoms with van der Waals surface area (Å²) in [6.07, 6.45) is 3.94. The molecule has 0 N–H and O–H groups in total. The molecule has 0 spiro atoms. The highest BCUT2D eigenvalue weighted by Gasteiger charge is 2.21. The summed E-state index contributed by atoms with van der Waals surface area (Å²) in [5.74, 6) is 0.920. The van der Waals surface area contributed by atoms with E-state index in [2.05, 4.69) is 4.90 Å². The number of ether oxygens (including phenoxy) is 1. The van der Waals surface area contributed by atoms with E-state index in [9.17, 15) is 14.0 Å². The van der Waals surface area contributed by atoms with Gasteiger partial charge in [-0.15, -0.1) is 0 Å². The van der Waals surface area contributed by atoms with Crippen molar-refractivity contribution in [2.75, 3.05) is 26.2 Å². The summed E-state index contributed by atoms with van der Waals surface area (Å²) < 4.78 is 19.0. The summed E-state index contributed by atoms with van der Waals surface area (Å²) in [5.41, 5.74) is 1.23. The Kier molecular flexibility index (Phi) is 8.14. The average molecular weight is 412 g/mol. The van der Waals surface area contributed by atoms with Gasteiger partial charge in [0.1, 0.15) is 11.6 Å². The van der Waals surface area contributed by atoms with Crippen LogP contribution in [0.2, 0.25) is 0 Å². The molecule has 4 nitrogen and oxygen atoms in total. The topological polar surface area (TPSA) is 46.6 Å². The second kappa shape index (κ2) is 11.0. The van der Waals surface area contributed by atoms with E-state index in [4.69, 9.17) is 4.74 Å². The third kappa shape index (κ3) is 6.23. The Balaban J connectivity index is 1.44. The van der Waals surface area contributed by atoms with Crippen LogP contribution in [0, 0.1) is 11.7 Å². The van der Waals surface area contributed by atoms with Gasteiger partial charge in [-0.25, -0.2) is 4.39 Å². The van der Waals surface area contributed by atoms with Gasteiger partial charge in [-0.3, -0.25) is 9.59 Å². The summed E-state index contributed by atoms with van der Waals surface area (Å²) in [4.78, 5) is 26.7. The number of rotatable bonds is 10. The van der Waals surface area contributed by atoms with Crippen molar-refractivity contribution in [2.45, 2.75) is 39.0 Å². The lowest BCUT2D eigenvalue weighted by atomic mass is 9.98. The highest BCUT2D eigenvalue weighted by atomic mass is 19.1. The monoisotopic (exact) mass is 411 g/mol. The van der Waals surface area contributed by atoms with Gasteiger partial charge >= 0.3 is 0 Å². The Morgan fingerprint density at radius 1 is 1.10 bits per heavy atom. The second-order valence-electron chi connectivity index (χ2n) is 7.93. The third-order valence-corrected chi connectivity index (χ3v) is 5.63. The molecule has 0 aromatic heterocycles. The molecule has 1 unspecified atom stereocenters. The number of hydrogen-bond acceptors (Lipinski definition) is 4. The minimum Gasteiger partial charge on any atom is -0.492 e. The molecule has 1 heterocycles. The molecule has 0 aliphatic carbocycles. The maximum Gasteiger partial charge on any atom is 0.166 e. The Labute approximate surface area is 178 Å². The predicted octanol–water partition coefficient (Wildman–Crippen LogP) is 5.17. The van der Waals surface area contributed by atoms with E-state index >= 15 is 0 Å². The van der Waals surface area contributed by atoms with Gasteiger partial charge < -0.3 is 9.64 Å². The largest absolute Gasteiger partial charge is 0.492 e. The highest BCUT2D eigenvalue weighted by Crippen LogP contribution is 2.23. The van der Waals surface area contributed by atoms with E-state index in [0.29, 0.717) is 42.2 Å². The van der Waals surface area contributed by atoms with Crippen molar-refractivity contribution in [3.63, 3.8) is 0 Å². The molecule has 2 aromatic carbocycles. The van der Waals surface area contributed by atoms with Gasteiger partial charge in [0, 0.05) is 30.9 Å². The molecule has 0 saturated carbocycles. The molecule has 5 heteroatoms. The fourth-order valence-electron chi connectivity index (χ4n) is 3.95. The summed E-state index contributed by atoms with van der Waals surface area (Å²) in [6.45, 7) is 5.30. The molecule has 30 heavy (non-hydrogen) atoms. The average Bonchev–Trinajstić information content (AvgIpc) is 2.78. The smallest absolute Gasteiger partial charge is 0.166 e. The van der Waals surface area contributed by atoms with Gasteiger partial charge in [0.2, 0.25) is 0 Å². The van der Waals surface area contributed by atoms with Crippen molar-refractivity contribution in [2.24, 2.45) is 5.92 Å². The van der Waals surface area contributed by atoms with Crippen LogP contribution in [0.1, 0.15) is 59.7 Å². The lowest BCUT2D eigenvalue weighted by Crippen LogP contribution is -2.38. The molecular weight excluding hydrogens is 381 g/mol. The number of carbonyl (C=O) groups is 2. The predicted molar refractivity (Wildman–Crippen MR) is 116 cm³/mol. The third-order valence-electron chi connectivity index (χ3n) is 5.63. The first-order valence-electron chi connectivity index (χ1n) is 10.8. The normalized spacial score (nSPS) is 16.9. The first-order chi connectivity index (χ1) is 14.6. The number of halogens is 1. The van der Waals surface area contributed by atoms with Crippen LogP contribution in [-0.2, 0) is 0 Å². The van der Waals surface area contributed by atoms with Crippen LogP contribution in [0.4, 0.5) is 4.39 Å². The number of piperidine rings is 1. The standard InChI is InChI=1S/C25H30FNO3/c1-2-23(28)22-8-3-4-10-25(22)30-18-19-7-5-15-27(17-19)16-6-9-24(29)20-11-13-21(26)14-12-20/h3-4,8,10-14,19H,2,5-7,9,15-18H2,1H3. The number of benzene rings is 2. The minimum absolute atomic E-state index is 0.0593. The number of nitrogens with zero attached hydrogens (tertiary/aromatic N) is 1. The number of Topliss-reactive ketones (excluding diaryl/α,β-unsaturated/α-hetero) is 2. The summed E-state index contributed by atoms with van der Waals surface area (Å²) in [7, 11) is 0. The van der Waals surface area contributed by atoms with E-state index < -0.39 is 0 Å². The van der Waals surface area contributed by atoms with E-state index in [1.54, 1.807) is 12.1 Å². The number of likely N-dealkylation sites (tertiary alicyclic amines) is 1. The van der Waals surface area contributed by atoms with Crippen molar-refractivity contribution in [1.82, 2.24) is 4.90 Å². The lowest BCUT2D eigenvalue weighted by molar-refractivity contribution is 0.0950. The SMILES string of the molecule is CCC(=O)c1ccccc1OCC1CCCN(CCCC(=O)c2ccc(F)cc2)C1. The quantitative estimate of drug-likeness (QED) is 0.506. The van der Waals surface area contributed by atoms with Crippen molar-refractivity contribution < 1.29 is 18.7 Å². The number of hydrogen-bond donors (Lipinski definition) is 0. The van der Waals surface area contributed by atoms with Crippen molar-refractivity contribution in [3.8, 4) is 5.75 Å². The number of carbonyl (C=O) groups excluding carboxylic acids is 2. The lowest BCUT2D eigenvalue weighted by Gasteiger charge is -2.32. The first kappa shape index (κ1) is 22.2. The summed E-state index contributed by atoms with van der Waals surface area (Å²) in [5, 5.41) is 0. The van der Waals surface area contributed by atoms with Crippen LogP contribution in [0.25, 0.3) is 0 Å². The Morgan fingerprint density at radius 3 is 2.63 bits per heavy atom. The Morgan fingerprint density at radius 2 is 1.87 bits per heavy atom. The van der Waals surface area contributed by atoms with Crippen molar-refractivity contribution >= 4 is 11.6 Å². The summed E-state index contributed by atoms with van der Waals surface area (Å²) >= 11 is 0. The zero-order chi connectivity index (χ0) is 21.3. The zero-order valence-electron chi connectivity index (χ0n) is 17.6. The minimum atomic E-state index is -0.324. The van der Waals surface area contributed by atoms with Crippen LogP contribution < -0.4 is 4.74 Å². The van der Waals surface area contributed by atoms with Crippen LogP contribution in [-0.4, -0.2) is 42.7 Å². The molecule has 1 aliphatic heterocycles. The number of ketones is 2. The van der Waals surface area contributed by atoms with Crippen molar-refractivity contribution in [3.05, 3.63) is 65.5 Å². The van der Waals surface area contributed by atoms with Crippen LogP contribution >= 0.6 is 0 Å². The highest BCUT2D eigenvalue weighted by molar-refractivity contribution is 5.98. The van der Waals surface area contributed by atoms with E-state index in [1.165, 1.54) is 12.1 Å². The van der Waals surface area contributed by atoms with E-state index in [-0.39, 0.29) is 17.4 Å². The molecule has 160 valence electrons. The molecule has 1 saturated heterocycles. The molecule has 1 atom stereocenters. The van der Waals surface area contributed by atoms with E-state index in [1.807, 2.05) is 31.2 Å². The fraction of sp³-hybridized carbons (Fsp3) is 0.440. The van der Waals surface area contributed by atoms with Gasteiger partial charge in [0.05, 0.1) is 12.2 Å². The van der Waals surface area contributed by atoms with Gasteiger partial charge in [0.25, 0.3) is 0 Å². The molecule has 1 fully saturated rings. The van der Waals surface area contributed by atoms with Gasteiger partial charge in [-0.05, 0) is 68.8 Å². The molecule has 0 bridgehead atoms. The van der Waals surface area contributed by atoms with Gasteiger partial charge in [0.15, 0.2) is 11.6 Å². The fourth-order valence-corrected chi connectivity index (χ4v) is 3.95. The van der Waals surface area contributed by atoms with Crippen LogP contribution in [0.3, 0.4) is 0 Å². The first-order valence-corrected chi connectivity index (χ1v) is 10.8. The molecule has 0 radical (unpaired) electrons. The molecule has 1 aliphatic rings. The zero-order valence-corrected chi connectivity index (χ0v) is 17.6. The Bertz CT molecular complexity index is 850. The van der Waals surface area contributed by atoms with Gasteiger partial charge in [-0.1, -0.05) is 19.1 Å². The molecule has 2 aromatic rings. The maximum absolute atomic E-state index is 13.0.